The lowest BCUT2D eigenvalue weighted by Crippen LogP contribution is -2.24. The number of hydrogen-bond acceptors (Lipinski definition) is 4. The minimum absolute atomic E-state index is 0.0286. The quantitative estimate of drug-likeness (QED) is 0.753. The van der Waals surface area contributed by atoms with Gasteiger partial charge in [-0.2, -0.15) is 0 Å². The fourth-order valence-corrected chi connectivity index (χ4v) is 2.00. The summed E-state index contributed by atoms with van der Waals surface area (Å²) in [6.45, 7) is 4.97. The maximum Gasteiger partial charge on any atom is 0.147 e. The van der Waals surface area contributed by atoms with Crippen LogP contribution >= 0.6 is 23.2 Å². The summed E-state index contributed by atoms with van der Waals surface area (Å²) in [4.78, 5) is 4.30. The Kier molecular flexibility index (Phi) is 5.50. The van der Waals surface area contributed by atoms with Gasteiger partial charge in [0.05, 0.1) is 10.0 Å². The minimum atomic E-state index is -0.0286. The Bertz CT molecular complexity index is 411. The predicted molar refractivity (Wildman–Crippen MR) is 77.8 cm³/mol. The third kappa shape index (κ3) is 4.19. The summed E-state index contributed by atoms with van der Waals surface area (Å²) in [6.07, 6.45) is 0.712. The van der Waals surface area contributed by atoms with Crippen LogP contribution in [0, 0.1) is 5.41 Å². The summed E-state index contributed by atoms with van der Waals surface area (Å²) in [7, 11) is 1.75. The van der Waals surface area contributed by atoms with E-state index in [4.69, 9.17) is 28.3 Å². The zero-order valence-corrected chi connectivity index (χ0v) is 12.4. The molecule has 0 saturated heterocycles. The van der Waals surface area contributed by atoms with Crippen molar-refractivity contribution in [3.63, 3.8) is 0 Å². The maximum atomic E-state index is 8.98. The Morgan fingerprint density at radius 1 is 1.28 bits per heavy atom. The molecule has 0 bridgehead atoms. The molecule has 0 aliphatic carbocycles. The van der Waals surface area contributed by atoms with Crippen LogP contribution in [0.25, 0.3) is 0 Å². The number of aromatic nitrogens is 1. The second-order valence-corrected chi connectivity index (χ2v) is 5.71. The van der Waals surface area contributed by atoms with Crippen LogP contribution in [0.1, 0.15) is 20.3 Å². The predicted octanol–water partition coefficient (Wildman–Crippen LogP) is 3.25. The molecule has 1 rings (SSSR count). The van der Waals surface area contributed by atoms with Gasteiger partial charge in [-0.3, -0.25) is 0 Å². The van der Waals surface area contributed by atoms with Gasteiger partial charge in [-0.1, -0.05) is 37.0 Å². The van der Waals surface area contributed by atoms with Gasteiger partial charge in [0.2, 0.25) is 0 Å². The van der Waals surface area contributed by atoms with Gasteiger partial charge in [0.25, 0.3) is 0 Å². The molecule has 3 N–H and O–H groups in total. The Morgan fingerprint density at radius 2 is 1.89 bits per heavy atom. The number of halogens is 2. The van der Waals surface area contributed by atoms with Crippen molar-refractivity contribution < 1.29 is 5.11 Å². The first-order valence-electron chi connectivity index (χ1n) is 5.78. The summed E-state index contributed by atoms with van der Waals surface area (Å²) >= 11 is 12.0. The fraction of sp³-hybridized carbons (Fsp3) is 0.583. The molecule has 0 saturated carbocycles. The summed E-state index contributed by atoms with van der Waals surface area (Å²) in [5.74, 6) is 1.18. The second kappa shape index (κ2) is 6.45. The lowest BCUT2D eigenvalue weighted by atomic mass is 9.90. The van der Waals surface area contributed by atoms with Crippen molar-refractivity contribution in [2.24, 2.45) is 5.41 Å². The number of pyridine rings is 1. The number of nitrogens with zero attached hydrogens (tertiary/aromatic N) is 1. The summed E-state index contributed by atoms with van der Waals surface area (Å²) in [5.41, 5.74) is -0.0286. The minimum Gasteiger partial charge on any atom is -0.396 e. The van der Waals surface area contributed by atoms with Gasteiger partial charge in [0, 0.05) is 20.2 Å². The van der Waals surface area contributed by atoms with Gasteiger partial charge < -0.3 is 15.7 Å². The molecule has 4 nitrogen and oxygen atoms in total. The van der Waals surface area contributed by atoms with Crippen LogP contribution in [0.15, 0.2) is 6.07 Å². The molecule has 1 heterocycles. The van der Waals surface area contributed by atoms with Crippen molar-refractivity contribution in [3.05, 3.63) is 16.1 Å². The Morgan fingerprint density at radius 3 is 2.44 bits per heavy atom. The number of aliphatic hydroxyl groups is 1. The highest BCUT2D eigenvalue weighted by molar-refractivity contribution is 6.37. The van der Waals surface area contributed by atoms with E-state index in [1.807, 2.05) is 0 Å². The summed E-state index contributed by atoms with van der Waals surface area (Å²) < 4.78 is 0. The lowest BCUT2D eigenvalue weighted by Gasteiger charge is -2.24. The SMILES string of the molecule is CNc1nc(NCC(C)(C)CCO)c(Cl)cc1Cl. The monoisotopic (exact) mass is 291 g/mol. The topological polar surface area (TPSA) is 57.2 Å². The highest BCUT2D eigenvalue weighted by Gasteiger charge is 2.18. The summed E-state index contributed by atoms with van der Waals surface area (Å²) in [6, 6.07) is 1.66. The van der Waals surface area contributed by atoms with Crippen LogP contribution in [0.5, 0.6) is 0 Å². The molecule has 0 amide bonds. The Hall–Kier alpha value is -0.710. The zero-order chi connectivity index (χ0) is 13.8. The number of aliphatic hydroxyl groups excluding tert-OH is 1. The van der Waals surface area contributed by atoms with Crippen molar-refractivity contribution in [1.29, 1.82) is 0 Å². The van der Waals surface area contributed by atoms with Gasteiger partial charge in [0.15, 0.2) is 0 Å². The number of anilines is 2. The third-order valence-corrected chi connectivity index (χ3v) is 3.27. The van der Waals surface area contributed by atoms with Crippen molar-refractivity contribution in [3.8, 4) is 0 Å². The van der Waals surface area contributed by atoms with E-state index >= 15 is 0 Å². The fourth-order valence-electron chi connectivity index (χ4n) is 1.48. The van der Waals surface area contributed by atoms with Crippen LogP contribution in [0.2, 0.25) is 10.0 Å². The van der Waals surface area contributed by atoms with E-state index in [9.17, 15) is 0 Å². The molecule has 0 aliphatic heterocycles. The molecular formula is C12H19Cl2N3O. The molecule has 0 aliphatic rings. The van der Waals surface area contributed by atoms with E-state index < -0.39 is 0 Å². The van der Waals surface area contributed by atoms with Crippen molar-refractivity contribution in [2.45, 2.75) is 20.3 Å². The average Bonchev–Trinajstić information content (AvgIpc) is 2.28. The molecule has 102 valence electrons. The molecule has 1 aromatic heterocycles. The lowest BCUT2D eigenvalue weighted by molar-refractivity contribution is 0.220. The maximum absolute atomic E-state index is 8.98. The molecule has 0 atom stereocenters. The molecular weight excluding hydrogens is 273 g/mol. The van der Waals surface area contributed by atoms with E-state index in [-0.39, 0.29) is 12.0 Å². The molecule has 0 radical (unpaired) electrons. The van der Waals surface area contributed by atoms with Gasteiger partial charge in [0.1, 0.15) is 11.6 Å². The second-order valence-electron chi connectivity index (χ2n) is 4.89. The Balaban J connectivity index is 2.79. The molecule has 0 unspecified atom stereocenters. The first-order valence-corrected chi connectivity index (χ1v) is 6.54. The van der Waals surface area contributed by atoms with Crippen molar-refractivity contribution in [1.82, 2.24) is 4.98 Å². The average molecular weight is 292 g/mol. The molecule has 0 fully saturated rings. The highest BCUT2D eigenvalue weighted by Crippen LogP contribution is 2.30. The highest BCUT2D eigenvalue weighted by atomic mass is 35.5. The smallest absolute Gasteiger partial charge is 0.147 e. The van der Waals surface area contributed by atoms with Crippen LogP contribution in [-0.2, 0) is 0 Å². The van der Waals surface area contributed by atoms with E-state index in [0.717, 1.165) is 0 Å². The van der Waals surface area contributed by atoms with Gasteiger partial charge >= 0.3 is 0 Å². The summed E-state index contributed by atoms with van der Waals surface area (Å²) in [5, 5.41) is 16.0. The number of hydrogen-bond donors (Lipinski definition) is 3. The number of rotatable bonds is 6. The Labute approximate surface area is 118 Å². The molecule has 18 heavy (non-hydrogen) atoms. The molecule has 6 heteroatoms. The van der Waals surface area contributed by atoms with E-state index in [0.29, 0.717) is 34.6 Å². The normalized spacial score (nSPS) is 11.4. The van der Waals surface area contributed by atoms with Gasteiger partial charge in [-0.15, -0.1) is 0 Å². The molecule has 0 spiro atoms. The first kappa shape index (κ1) is 15.3. The van der Waals surface area contributed by atoms with Crippen molar-refractivity contribution >= 4 is 34.8 Å². The van der Waals surface area contributed by atoms with Gasteiger partial charge in [-0.05, 0) is 17.9 Å². The van der Waals surface area contributed by atoms with Gasteiger partial charge in [-0.25, -0.2) is 4.98 Å². The molecule has 1 aromatic rings. The standard InChI is InChI=1S/C12H19Cl2N3O/c1-12(2,4-5-18)7-16-11-9(14)6-8(13)10(15-3)17-11/h6,18H,4-5,7H2,1-3H3,(H2,15,16,17). The largest absolute Gasteiger partial charge is 0.396 e. The van der Waals surface area contributed by atoms with Crippen molar-refractivity contribution in [2.75, 3.05) is 30.8 Å². The van der Waals surface area contributed by atoms with Crippen LogP contribution in [0.3, 0.4) is 0 Å². The van der Waals surface area contributed by atoms with Crippen LogP contribution in [0.4, 0.5) is 11.6 Å². The van der Waals surface area contributed by atoms with E-state index in [1.54, 1.807) is 13.1 Å². The van der Waals surface area contributed by atoms with E-state index in [2.05, 4.69) is 29.5 Å². The van der Waals surface area contributed by atoms with Crippen LogP contribution < -0.4 is 10.6 Å². The third-order valence-electron chi connectivity index (χ3n) is 2.69. The molecule has 0 aromatic carbocycles. The first-order chi connectivity index (χ1) is 8.39. The number of nitrogens with one attached hydrogen (secondary N) is 2. The van der Waals surface area contributed by atoms with Crippen LogP contribution in [-0.4, -0.2) is 30.3 Å². The zero-order valence-electron chi connectivity index (χ0n) is 10.8. The van der Waals surface area contributed by atoms with E-state index in [1.165, 1.54) is 0 Å².